The molecule has 3 rings (SSSR count). The van der Waals surface area contributed by atoms with Gasteiger partial charge in [0.1, 0.15) is 0 Å². The van der Waals surface area contributed by atoms with Gasteiger partial charge >= 0.3 is 0 Å². The van der Waals surface area contributed by atoms with Crippen molar-refractivity contribution in [2.45, 2.75) is 17.0 Å². The van der Waals surface area contributed by atoms with Gasteiger partial charge in [0.25, 0.3) is 0 Å². The summed E-state index contributed by atoms with van der Waals surface area (Å²) in [6, 6.07) is 8.62. The van der Waals surface area contributed by atoms with Crippen LogP contribution < -0.4 is 10.0 Å². The second-order valence-electron chi connectivity index (χ2n) is 4.70. The molecule has 1 aliphatic heterocycles. The molecular weight excluding hydrogens is 274 g/mol. The second kappa shape index (κ2) is 5.22. The van der Waals surface area contributed by atoms with Gasteiger partial charge in [-0.2, -0.15) is 0 Å². The molecule has 104 valence electrons. The van der Waals surface area contributed by atoms with Gasteiger partial charge in [0.2, 0.25) is 10.0 Å². The largest absolute Gasteiger partial charge is 0.368 e. The Morgan fingerprint density at radius 1 is 1.25 bits per heavy atom. The first-order chi connectivity index (χ1) is 9.65. The number of fused-ring (bicyclic) bond motifs is 1. The molecule has 1 aromatic rings. The molecule has 1 heterocycles. The first-order valence-corrected chi connectivity index (χ1v) is 7.85. The smallest absolute Gasteiger partial charge is 0.240 e. The van der Waals surface area contributed by atoms with Gasteiger partial charge in [0.05, 0.1) is 23.3 Å². The first-order valence-electron chi connectivity index (χ1n) is 6.36. The van der Waals surface area contributed by atoms with Crippen molar-refractivity contribution in [1.29, 1.82) is 0 Å². The maximum Gasteiger partial charge on any atom is 0.240 e. The predicted molar refractivity (Wildman–Crippen MR) is 78.1 cm³/mol. The lowest BCUT2D eigenvalue weighted by atomic mass is 9.99. The normalized spacial score (nSPS) is 24.1. The van der Waals surface area contributed by atoms with E-state index in [2.05, 4.69) is 15.0 Å². The van der Waals surface area contributed by atoms with Gasteiger partial charge in [0.15, 0.2) is 0 Å². The van der Waals surface area contributed by atoms with Crippen molar-refractivity contribution in [3.05, 3.63) is 54.1 Å². The fraction of sp³-hybridized carbons (Fsp3) is 0.214. The number of hydrogen-bond donors (Lipinski definition) is 2. The quantitative estimate of drug-likeness (QED) is 0.862. The van der Waals surface area contributed by atoms with Crippen LogP contribution in [-0.4, -0.2) is 33.4 Å². The summed E-state index contributed by atoms with van der Waals surface area (Å²) in [6.45, 7) is 0.270. The van der Waals surface area contributed by atoms with E-state index in [1.165, 1.54) is 0 Å². The summed E-state index contributed by atoms with van der Waals surface area (Å²) in [4.78, 5) is 4.55. The van der Waals surface area contributed by atoms with Crippen molar-refractivity contribution in [2.24, 2.45) is 4.99 Å². The molecular formula is C14H15N3O2S. The lowest BCUT2D eigenvalue weighted by Gasteiger charge is -2.18. The van der Waals surface area contributed by atoms with Crippen molar-refractivity contribution >= 4 is 16.4 Å². The van der Waals surface area contributed by atoms with Gasteiger partial charge < -0.3 is 5.32 Å². The summed E-state index contributed by atoms with van der Waals surface area (Å²) >= 11 is 0. The number of hydrogen-bond acceptors (Lipinski definition) is 4. The van der Waals surface area contributed by atoms with Gasteiger partial charge in [-0.1, -0.05) is 36.4 Å². The summed E-state index contributed by atoms with van der Waals surface area (Å²) < 4.78 is 26.8. The van der Waals surface area contributed by atoms with Crippen LogP contribution in [0.15, 0.2) is 64.0 Å². The summed E-state index contributed by atoms with van der Waals surface area (Å²) in [6.07, 6.45) is 7.60. The molecule has 0 fully saturated rings. The van der Waals surface area contributed by atoms with Crippen LogP contribution in [0.1, 0.15) is 0 Å². The van der Waals surface area contributed by atoms with E-state index < -0.39 is 10.0 Å². The number of rotatable bonds is 4. The standard InChI is InChI=1S/C14H15N3O2S/c18-20(19,12-4-2-1-3-5-12)17-9-11-6-7-13-14(8-11)16-10-15-13/h1-8,10,13-14,17H,9H2,(H,15,16). The van der Waals surface area contributed by atoms with E-state index in [4.69, 9.17) is 0 Å². The number of aliphatic imine (C=N–C) groups is 1. The third-order valence-electron chi connectivity index (χ3n) is 3.30. The minimum absolute atomic E-state index is 0.0660. The van der Waals surface area contributed by atoms with Gasteiger partial charge in [-0.05, 0) is 17.7 Å². The fourth-order valence-corrected chi connectivity index (χ4v) is 3.24. The molecule has 2 aliphatic rings. The fourth-order valence-electron chi connectivity index (χ4n) is 2.20. The van der Waals surface area contributed by atoms with Crippen LogP contribution in [0, 0.1) is 0 Å². The van der Waals surface area contributed by atoms with Crippen LogP contribution in [0.25, 0.3) is 0 Å². The molecule has 0 amide bonds. The Kier molecular flexibility index (Phi) is 3.42. The molecule has 0 spiro atoms. The molecule has 1 aromatic carbocycles. The monoisotopic (exact) mass is 289 g/mol. The maximum absolute atomic E-state index is 12.1. The molecule has 2 atom stereocenters. The van der Waals surface area contributed by atoms with Crippen LogP contribution in [0.5, 0.6) is 0 Å². The zero-order valence-electron chi connectivity index (χ0n) is 10.7. The molecule has 0 saturated carbocycles. The SMILES string of the molecule is O=S(=O)(NCC1=CC2N=CNC2C=C1)c1ccccc1. The van der Waals surface area contributed by atoms with E-state index in [9.17, 15) is 8.42 Å². The third kappa shape index (κ3) is 2.66. The number of nitrogens with zero attached hydrogens (tertiary/aromatic N) is 1. The third-order valence-corrected chi connectivity index (χ3v) is 4.72. The maximum atomic E-state index is 12.1. The molecule has 0 radical (unpaired) electrons. The van der Waals surface area contributed by atoms with E-state index in [1.807, 2.05) is 18.2 Å². The number of benzene rings is 1. The predicted octanol–water partition coefficient (Wildman–Crippen LogP) is 0.830. The van der Waals surface area contributed by atoms with E-state index >= 15 is 0 Å². The van der Waals surface area contributed by atoms with Crippen LogP contribution in [0.4, 0.5) is 0 Å². The highest BCUT2D eigenvalue weighted by molar-refractivity contribution is 7.89. The zero-order chi connectivity index (χ0) is 14.0. The summed E-state index contributed by atoms with van der Waals surface area (Å²) in [5.74, 6) is 0. The topological polar surface area (TPSA) is 70.6 Å². The molecule has 0 saturated heterocycles. The minimum atomic E-state index is -3.46. The Labute approximate surface area is 118 Å². The van der Waals surface area contributed by atoms with Crippen molar-refractivity contribution in [3.63, 3.8) is 0 Å². The minimum Gasteiger partial charge on any atom is -0.368 e. The lowest BCUT2D eigenvalue weighted by molar-refractivity contribution is 0.584. The summed E-state index contributed by atoms with van der Waals surface area (Å²) in [5, 5.41) is 3.12. The Morgan fingerprint density at radius 3 is 2.85 bits per heavy atom. The second-order valence-corrected chi connectivity index (χ2v) is 6.47. The van der Waals surface area contributed by atoms with Crippen molar-refractivity contribution < 1.29 is 8.42 Å². The van der Waals surface area contributed by atoms with Crippen LogP contribution in [0.3, 0.4) is 0 Å². The van der Waals surface area contributed by atoms with Crippen molar-refractivity contribution in [3.8, 4) is 0 Å². The van der Waals surface area contributed by atoms with E-state index in [-0.39, 0.29) is 23.5 Å². The zero-order valence-corrected chi connectivity index (χ0v) is 11.5. The molecule has 1 aliphatic carbocycles. The Bertz CT molecular complexity index is 678. The van der Waals surface area contributed by atoms with Gasteiger partial charge in [0, 0.05) is 6.54 Å². The van der Waals surface area contributed by atoms with Gasteiger partial charge in [-0.15, -0.1) is 0 Å². The van der Waals surface area contributed by atoms with E-state index in [0.717, 1.165) is 5.57 Å². The Hall–Kier alpha value is -1.92. The average molecular weight is 289 g/mol. The Balaban J connectivity index is 1.68. The van der Waals surface area contributed by atoms with Crippen LogP contribution in [0.2, 0.25) is 0 Å². The highest BCUT2D eigenvalue weighted by Gasteiger charge is 2.23. The highest BCUT2D eigenvalue weighted by Crippen LogP contribution is 2.17. The average Bonchev–Trinajstić information content (AvgIpc) is 2.94. The van der Waals surface area contributed by atoms with Crippen LogP contribution >= 0.6 is 0 Å². The van der Waals surface area contributed by atoms with Gasteiger partial charge in [-0.3, -0.25) is 4.99 Å². The molecule has 5 nitrogen and oxygen atoms in total. The van der Waals surface area contributed by atoms with E-state index in [0.29, 0.717) is 0 Å². The summed E-state index contributed by atoms with van der Waals surface area (Å²) in [7, 11) is -3.46. The van der Waals surface area contributed by atoms with Crippen LogP contribution in [-0.2, 0) is 10.0 Å². The van der Waals surface area contributed by atoms with Crippen molar-refractivity contribution in [2.75, 3.05) is 6.54 Å². The molecule has 2 unspecified atom stereocenters. The summed E-state index contributed by atoms with van der Waals surface area (Å²) in [5.41, 5.74) is 0.923. The Morgan fingerprint density at radius 2 is 2.05 bits per heavy atom. The molecule has 0 bridgehead atoms. The lowest BCUT2D eigenvalue weighted by Crippen LogP contribution is -2.32. The van der Waals surface area contributed by atoms with Crippen molar-refractivity contribution in [1.82, 2.24) is 10.0 Å². The van der Waals surface area contributed by atoms with Gasteiger partial charge in [-0.25, -0.2) is 13.1 Å². The molecule has 0 aromatic heterocycles. The highest BCUT2D eigenvalue weighted by atomic mass is 32.2. The molecule has 2 N–H and O–H groups in total. The number of nitrogens with one attached hydrogen (secondary N) is 2. The molecule has 20 heavy (non-hydrogen) atoms. The number of sulfonamides is 1. The first kappa shape index (κ1) is 13.1. The molecule has 6 heteroatoms. The van der Waals surface area contributed by atoms with E-state index in [1.54, 1.807) is 36.7 Å².